The third kappa shape index (κ3) is 1.80. The second-order valence-corrected chi connectivity index (χ2v) is 3.05. The number of aryl methyl sites for hydroxylation is 1. The van der Waals surface area contributed by atoms with Crippen molar-refractivity contribution < 1.29 is 5.21 Å². The summed E-state index contributed by atoms with van der Waals surface area (Å²) in [5.41, 5.74) is 0.695. The Bertz CT molecular complexity index is 332. The van der Waals surface area contributed by atoms with Crippen LogP contribution >= 0.6 is 11.6 Å². The SMILES string of the molecule is CCCc1cc(Cl)cc(=N)n1O. The number of aromatic nitrogens is 1. The summed E-state index contributed by atoms with van der Waals surface area (Å²) < 4.78 is 0.857. The van der Waals surface area contributed by atoms with Gasteiger partial charge in [-0.2, -0.15) is 4.73 Å². The first-order chi connectivity index (χ1) is 5.65. The first-order valence-electron chi connectivity index (χ1n) is 3.80. The monoisotopic (exact) mass is 186 g/mol. The van der Waals surface area contributed by atoms with Gasteiger partial charge in [-0.05, 0) is 12.5 Å². The summed E-state index contributed by atoms with van der Waals surface area (Å²) in [4.78, 5) is 0. The van der Waals surface area contributed by atoms with Crippen LogP contribution in [0.3, 0.4) is 0 Å². The van der Waals surface area contributed by atoms with Gasteiger partial charge in [0, 0.05) is 11.1 Å². The standard InChI is InChI=1S/C8H11ClN2O/c1-2-3-7-4-6(9)5-8(10)11(7)12/h4-5,10,12H,2-3H2,1H3. The van der Waals surface area contributed by atoms with Gasteiger partial charge >= 0.3 is 0 Å². The molecule has 1 aromatic heterocycles. The number of nitrogens with one attached hydrogen (secondary N) is 1. The highest BCUT2D eigenvalue weighted by atomic mass is 35.5. The van der Waals surface area contributed by atoms with E-state index in [0.29, 0.717) is 10.7 Å². The van der Waals surface area contributed by atoms with E-state index in [2.05, 4.69) is 0 Å². The largest absolute Gasteiger partial charge is 0.427 e. The van der Waals surface area contributed by atoms with E-state index in [1.165, 1.54) is 6.07 Å². The number of hydrogen-bond donors (Lipinski definition) is 2. The lowest BCUT2D eigenvalue weighted by molar-refractivity contribution is 0.160. The van der Waals surface area contributed by atoms with Crippen LogP contribution in [0, 0.1) is 5.41 Å². The number of hydrogen-bond acceptors (Lipinski definition) is 2. The zero-order valence-electron chi connectivity index (χ0n) is 6.84. The fraction of sp³-hybridized carbons (Fsp3) is 0.375. The molecule has 0 aliphatic carbocycles. The molecule has 1 heterocycles. The van der Waals surface area contributed by atoms with Crippen LogP contribution in [0.2, 0.25) is 5.02 Å². The average molecular weight is 187 g/mol. The first kappa shape index (κ1) is 9.13. The molecule has 0 unspecified atom stereocenters. The molecule has 0 saturated carbocycles. The third-order valence-corrected chi connectivity index (χ3v) is 1.80. The zero-order chi connectivity index (χ0) is 9.14. The van der Waals surface area contributed by atoms with Crippen molar-refractivity contribution in [2.45, 2.75) is 19.8 Å². The van der Waals surface area contributed by atoms with E-state index in [9.17, 15) is 5.21 Å². The predicted molar refractivity (Wildman–Crippen MR) is 46.5 cm³/mol. The zero-order valence-corrected chi connectivity index (χ0v) is 7.60. The van der Waals surface area contributed by atoms with Crippen LogP contribution in [-0.2, 0) is 6.42 Å². The van der Waals surface area contributed by atoms with Crippen molar-refractivity contribution >= 4 is 11.6 Å². The fourth-order valence-corrected chi connectivity index (χ4v) is 1.27. The average Bonchev–Trinajstić information content (AvgIpc) is 2.00. The Labute approximate surface area is 75.7 Å². The topological polar surface area (TPSA) is 49.0 Å². The molecule has 0 aliphatic rings. The van der Waals surface area contributed by atoms with Crippen molar-refractivity contribution in [2.24, 2.45) is 0 Å². The molecule has 1 aromatic rings. The number of rotatable bonds is 2. The van der Waals surface area contributed by atoms with Gasteiger partial charge in [-0.25, -0.2) is 0 Å². The maximum absolute atomic E-state index is 9.32. The molecule has 0 atom stereocenters. The number of halogens is 1. The summed E-state index contributed by atoms with van der Waals surface area (Å²) in [6.07, 6.45) is 1.64. The Kier molecular flexibility index (Phi) is 2.76. The Morgan fingerprint density at radius 3 is 2.83 bits per heavy atom. The summed E-state index contributed by atoms with van der Waals surface area (Å²) in [6.45, 7) is 2.00. The van der Waals surface area contributed by atoms with Crippen LogP contribution in [0.5, 0.6) is 0 Å². The number of nitrogens with zero attached hydrogens (tertiary/aromatic N) is 1. The molecule has 12 heavy (non-hydrogen) atoms. The molecule has 0 aliphatic heterocycles. The molecule has 0 spiro atoms. The summed E-state index contributed by atoms with van der Waals surface area (Å²) in [5, 5.41) is 17.1. The Hall–Kier alpha value is -0.960. The molecule has 2 N–H and O–H groups in total. The van der Waals surface area contributed by atoms with E-state index in [-0.39, 0.29) is 5.49 Å². The van der Waals surface area contributed by atoms with Gasteiger partial charge in [-0.15, -0.1) is 0 Å². The minimum Gasteiger partial charge on any atom is -0.427 e. The third-order valence-electron chi connectivity index (χ3n) is 1.59. The predicted octanol–water partition coefficient (Wildman–Crippen LogP) is 1.81. The van der Waals surface area contributed by atoms with Crippen LogP contribution in [0.25, 0.3) is 0 Å². The molecule has 0 fully saturated rings. The van der Waals surface area contributed by atoms with Crippen LogP contribution in [0.4, 0.5) is 0 Å². The normalized spacial score (nSPS) is 10.2. The van der Waals surface area contributed by atoms with Gasteiger partial charge in [0.25, 0.3) is 0 Å². The summed E-state index contributed by atoms with van der Waals surface area (Å²) in [7, 11) is 0. The highest BCUT2D eigenvalue weighted by Crippen LogP contribution is 2.08. The quantitative estimate of drug-likeness (QED) is 0.680. The van der Waals surface area contributed by atoms with Crippen LogP contribution in [0.15, 0.2) is 12.1 Å². The molecule has 0 bridgehead atoms. The van der Waals surface area contributed by atoms with Crippen molar-refractivity contribution in [3.8, 4) is 0 Å². The molecule has 0 amide bonds. The van der Waals surface area contributed by atoms with Crippen LogP contribution in [0.1, 0.15) is 19.0 Å². The second kappa shape index (κ2) is 3.63. The molecule has 3 nitrogen and oxygen atoms in total. The van der Waals surface area contributed by atoms with Gasteiger partial charge in [0.2, 0.25) is 0 Å². The molecular weight excluding hydrogens is 176 g/mol. The minimum atomic E-state index is 0.0194. The summed E-state index contributed by atoms with van der Waals surface area (Å²) in [5.74, 6) is 0. The Morgan fingerprint density at radius 1 is 1.58 bits per heavy atom. The molecule has 0 saturated heterocycles. The van der Waals surface area contributed by atoms with E-state index < -0.39 is 0 Å². The molecule has 0 aromatic carbocycles. The highest BCUT2D eigenvalue weighted by Gasteiger charge is 2.00. The fourth-order valence-electron chi connectivity index (χ4n) is 1.04. The summed E-state index contributed by atoms with van der Waals surface area (Å²) in [6, 6.07) is 3.07. The molecule has 1 rings (SSSR count). The van der Waals surface area contributed by atoms with Crippen molar-refractivity contribution in [3.05, 3.63) is 28.3 Å². The Morgan fingerprint density at radius 2 is 2.25 bits per heavy atom. The van der Waals surface area contributed by atoms with Crippen molar-refractivity contribution in [1.29, 1.82) is 5.41 Å². The van der Waals surface area contributed by atoms with Gasteiger partial charge in [0.15, 0.2) is 5.49 Å². The van der Waals surface area contributed by atoms with E-state index in [0.717, 1.165) is 17.6 Å². The van der Waals surface area contributed by atoms with Gasteiger partial charge in [-0.1, -0.05) is 24.9 Å². The van der Waals surface area contributed by atoms with Gasteiger partial charge in [0.05, 0.1) is 5.69 Å². The van der Waals surface area contributed by atoms with Gasteiger partial charge in [-0.3, -0.25) is 5.41 Å². The molecule has 4 heteroatoms. The molecular formula is C8H11ClN2O. The van der Waals surface area contributed by atoms with Gasteiger partial charge < -0.3 is 5.21 Å². The molecule has 0 radical (unpaired) electrons. The number of pyridine rings is 1. The van der Waals surface area contributed by atoms with Crippen LogP contribution in [-0.4, -0.2) is 9.94 Å². The lowest BCUT2D eigenvalue weighted by Gasteiger charge is -2.05. The van der Waals surface area contributed by atoms with Gasteiger partial charge in [0.1, 0.15) is 0 Å². The van der Waals surface area contributed by atoms with E-state index in [1.807, 2.05) is 6.92 Å². The van der Waals surface area contributed by atoms with Crippen molar-refractivity contribution in [1.82, 2.24) is 4.73 Å². The lowest BCUT2D eigenvalue weighted by Crippen LogP contribution is -2.20. The van der Waals surface area contributed by atoms with E-state index in [1.54, 1.807) is 6.07 Å². The molecule has 66 valence electrons. The summed E-state index contributed by atoms with van der Waals surface area (Å²) >= 11 is 5.71. The van der Waals surface area contributed by atoms with E-state index in [4.69, 9.17) is 17.0 Å². The van der Waals surface area contributed by atoms with Crippen molar-refractivity contribution in [2.75, 3.05) is 0 Å². The van der Waals surface area contributed by atoms with E-state index >= 15 is 0 Å². The first-order valence-corrected chi connectivity index (χ1v) is 4.18. The van der Waals surface area contributed by atoms with Crippen LogP contribution < -0.4 is 5.49 Å². The Balaban J connectivity index is 3.18. The minimum absolute atomic E-state index is 0.0194. The second-order valence-electron chi connectivity index (χ2n) is 2.61. The smallest absolute Gasteiger partial charge is 0.162 e. The maximum atomic E-state index is 9.32. The van der Waals surface area contributed by atoms with Crippen molar-refractivity contribution in [3.63, 3.8) is 0 Å². The highest BCUT2D eigenvalue weighted by molar-refractivity contribution is 6.30. The maximum Gasteiger partial charge on any atom is 0.162 e. The lowest BCUT2D eigenvalue weighted by atomic mass is 10.2.